The minimum absolute atomic E-state index is 0.380. The molecule has 3 nitrogen and oxygen atoms in total. The second-order valence-electron chi connectivity index (χ2n) is 4.28. The minimum atomic E-state index is -3.32. The molecule has 0 bridgehead atoms. The van der Waals surface area contributed by atoms with Crippen LogP contribution in [-0.4, -0.2) is 25.8 Å². The van der Waals surface area contributed by atoms with Crippen molar-refractivity contribution in [2.24, 2.45) is 5.92 Å². The first-order chi connectivity index (χ1) is 8.02. The van der Waals surface area contributed by atoms with Crippen LogP contribution >= 0.6 is 0 Å². The topological polar surface area (TPSA) is 37.4 Å². The molecule has 1 aromatic rings. The SMILES string of the molecule is CCC(C)CN(CC)S(=O)(=O)c1ccccc1. The van der Waals surface area contributed by atoms with E-state index in [9.17, 15) is 8.42 Å². The molecule has 17 heavy (non-hydrogen) atoms. The number of benzene rings is 1. The van der Waals surface area contributed by atoms with Gasteiger partial charge in [-0.3, -0.25) is 0 Å². The zero-order chi connectivity index (χ0) is 12.9. The lowest BCUT2D eigenvalue weighted by Crippen LogP contribution is -2.34. The van der Waals surface area contributed by atoms with Gasteiger partial charge >= 0.3 is 0 Å². The summed E-state index contributed by atoms with van der Waals surface area (Å²) < 4.78 is 26.2. The molecule has 0 radical (unpaired) electrons. The second-order valence-corrected chi connectivity index (χ2v) is 6.22. The van der Waals surface area contributed by atoms with E-state index >= 15 is 0 Å². The predicted octanol–water partition coefficient (Wildman–Crippen LogP) is 2.74. The van der Waals surface area contributed by atoms with Crippen molar-refractivity contribution < 1.29 is 8.42 Å². The largest absolute Gasteiger partial charge is 0.243 e. The molecule has 0 saturated carbocycles. The molecule has 0 aliphatic heterocycles. The van der Waals surface area contributed by atoms with Gasteiger partial charge in [0.05, 0.1) is 4.90 Å². The van der Waals surface area contributed by atoms with Crippen molar-refractivity contribution in [2.75, 3.05) is 13.1 Å². The quantitative estimate of drug-likeness (QED) is 0.784. The van der Waals surface area contributed by atoms with E-state index in [-0.39, 0.29) is 0 Å². The summed E-state index contributed by atoms with van der Waals surface area (Å²) in [4.78, 5) is 0.380. The van der Waals surface area contributed by atoms with Crippen LogP contribution in [0.25, 0.3) is 0 Å². The fourth-order valence-corrected chi connectivity index (χ4v) is 3.21. The number of rotatable bonds is 6. The summed E-state index contributed by atoms with van der Waals surface area (Å²) >= 11 is 0. The number of sulfonamides is 1. The summed E-state index contributed by atoms with van der Waals surface area (Å²) in [6, 6.07) is 8.63. The van der Waals surface area contributed by atoms with Crippen LogP contribution in [-0.2, 0) is 10.0 Å². The molecule has 0 heterocycles. The second kappa shape index (κ2) is 6.17. The molecule has 0 aromatic heterocycles. The Hall–Kier alpha value is -0.870. The Labute approximate surface area is 105 Å². The van der Waals surface area contributed by atoms with Crippen LogP contribution < -0.4 is 0 Å². The average molecular weight is 255 g/mol. The maximum atomic E-state index is 12.3. The third-order valence-electron chi connectivity index (χ3n) is 2.95. The van der Waals surface area contributed by atoms with E-state index in [4.69, 9.17) is 0 Å². The Morgan fingerprint density at radius 2 is 1.76 bits per heavy atom. The lowest BCUT2D eigenvalue weighted by molar-refractivity contribution is 0.361. The van der Waals surface area contributed by atoms with E-state index in [0.717, 1.165) is 6.42 Å². The van der Waals surface area contributed by atoms with Gasteiger partial charge in [-0.2, -0.15) is 4.31 Å². The number of nitrogens with zero attached hydrogens (tertiary/aromatic N) is 1. The number of hydrogen-bond donors (Lipinski definition) is 0. The summed E-state index contributed by atoms with van der Waals surface area (Å²) in [7, 11) is -3.32. The first-order valence-electron chi connectivity index (χ1n) is 6.07. The van der Waals surface area contributed by atoms with Gasteiger partial charge in [-0.25, -0.2) is 8.42 Å². The van der Waals surface area contributed by atoms with Crippen LogP contribution in [0.1, 0.15) is 27.2 Å². The van der Waals surface area contributed by atoms with Crippen molar-refractivity contribution in [1.29, 1.82) is 0 Å². The van der Waals surface area contributed by atoms with Gasteiger partial charge in [0, 0.05) is 13.1 Å². The van der Waals surface area contributed by atoms with Gasteiger partial charge in [0.2, 0.25) is 10.0 Å². The zero-order valence-corrected chi connectivity index (χ0v) is 11.6. The molecule has 0 aliphatic carbocycles. The Morgan fingerprint density at radius 3 is 2.24 bits per heavy atom. The molecule has 0 spiro atoms. The van der Waals surface area contributed by atoms with Crippen LogP contribution in [0.5, 0.6) is 0 Å². The van der Waals surface area contributed by atoms with Crippen LogP contribution in [0, 0.1) is 5.92 Å². The fourth-order valence-electron chi connectivity index (χ4n) is 1.62. The van der Waals surface area contributed by atoms with E-state index in [1.807, 2.05) is 13.0 Å². The van der Waals surface area contributed by atoms with Gasteiger partial charge < -0.3 is 0 Å². The predicted molar refractivity (Wildman–Crippen MR) is 70.3 cm³/mol. The highest BCUT2D eigenvalue weighted by atomic mass is 32.2. The van der Waals surface area contributed by atoms with Crippen LogP contribution in [0.3, 0.4) is 0 Å². The molecular formula is C13H21NO2S. The molecular weight excluding hydrogens is 234 g/mol. The molecule has 1 unspecified atom stereocenters. The lowest BCUT2D eigenvalue weighted by atomic mass is 10.1. The molecule has 0 amide bonds. The summed E-state index contributed by atoms with van der Waals surface area (Å²) in [5.74, 6) is 0.383. The molecule has 96 valence electrons. The maximum Gasteiger partial charge on any atom is 0.243 e. The zero-order valence-electron chi connectivity index (χ0n) is 10.8. The number of hydrogen-bond acceptors (Lipinski definition) is 2. The molecule has 1 atom stereocenters. The van der Waals surface area contributed by atoms with Gasteiger partial charge in [0.25, 0.3) is 0 Å². The van der Waals surface area contributed by atoms with Gasteiger partial charge in [-0.1, -0.05) is 45.4 Å². The van der Waals surface area contributed by atoms with E-state index in [1.54, 1.807) is 28.6 Å². The molecule has 0 saturated heterocycles. The van der Waals surface area contributed by atoms with Gasteiger partial charge in [-0.05, 0) is 18.1 Å². The van der Waals surface area contributed by atoms with Gasteiger partial charge in [-0.15, -0.1) is 0 Å². The van der Waals surface area contributed by atoms with Crippen LogP contribution in [0.15, 0.2) is 35.2 Å². The summed E-state index contributed by atoms with van der Waals surface area (Å²) in [5.41, 5.74) is 0. The highest BCUT2D eigenvalue weighted by molar-refractivity contribution is 7.89. The molecule has 0 N–H and O–H groups in total. The van der Waals surface area contributed by atoms with Crippen molar-refractivity contribution in [3.8, 4) is 0 Å². The Balaban J connectivity index is 2.95. The van der Waals surface area contributed by atoms with Crippen LogP contribution in [0.4, 0.5) is 0 Å². The minimum Gasteiger partial charge on any atom is -0.207 e. The maximum absolute atomic E-state index is 12.3. The van der Waals surface area contributed by atoms with E-state index in [0.29, 0.717) is 23.9 Å². The van der Waals surface area contributed by atoms with E-state index in [1.165, 1.54) is 0 Å². The first-order valence-corrected chi connectivity index (χ1v) is 7.51. The molecule has 1 aromatic carbocycles. The first kappa shape index (κ1) is 14.2. The normalized spacial score (nSPS) is 13.9. The molecule has 4 heteroatoms. The van der Waals surface area contributed by atoms with Crippen LogP contribution in [0.2, 0.25) is 0 Å². The van der Waals surface area contributed by atoms with Crippen molar-refractivity contribution in [3.05, 3.63) is 30.3 Å². The van der Waals surface area contributed by atoms with Gasteiger partial charge in [0.1, 0.15) is 0 Å². The Bertz CT molecular complexity index is 428. The van der Waals surface area contributed by atoms with Crippen molar-refractivity contribution in [3.63, 3.8) is 0 Å². The fraction of sp³-hybridized carbons (Fsp3) is 0.538. The van der Waals surface area contributed by atoms with Gasteiger partial charge in [0.15, 0.2) is 0 Å². The van der Waals surface area contributed by atoms with Crippen molar-refractivity contribution in [2.45, 2.75) is 32.1 Å². The molecule has 1 rings (SSSR count). The lowest BCUT2D eigenvalue weighted by Gasteiger charge is -2.23. The van der Waals surface area contributed by atoms with E-state index in [2.05, 4.69) is 13.8 Å². The smallest absolute Gasteiger partial charge is 0.207 e. The third-order valence-corrected chi connectivity index (χ3v) is 4.90. The molecule has 0 fully saturated rings. The van der Waals surface area contributed by atoms with Crippen molar-refractivity contribution in [1.82, 2.24) is 4.31 Å². The summed E-state index contributed by atoms with van der Waals surface area (Å²) in [5, 5.41) is 0. The molecule has 0 aliphatic rings. The van der Waals surface area contributed by atoms with E-state index < -0.39 is 10.0 Å². The Morgan fingerprint density at radius 1 is 1.18 bits per heavy atom. The van der Waals surface area contributed by atoms with Crippen molar-refractivity contribution >= 4 is 10.0 Å². The third kappa shape index (κ3) is 3.54. The standard InChI is InChI=1S/C13H21NO2S/c1-4-12(3)11-14(5-2)17(15,16)13-9-7-6-8-10-13/h6-10,12H,4-5,11H2,1-3H3. The highest BCUT2D eigenvalue weighted by Crippen LogP contribution is 2.17. The summed E-state index contributed by atoms with van der Waals surface area (Å²) in [6.45, 7) is 7.13. The Kier molecular flexibility index (Phi) is 5.15. The summed E-state index contributed by atoms with van der Waals surface area (Å²) in [6.07, 6.45) is 0.987. The monoisotopic (exact) mass is 255 g/mol. The average Bonchev–Trinajstić information content (AvgIpc) is 2.36. The highest BCUT2D eigenvalue weighted by Gasteiger charge is 2.23.